The molecule has 0 spiro atoms. The molecule has 1 N–H and O–H groups in total. The van der Waals surface area contributed by atoms with Gasteiger partial charge < -0.3 is 5.32 Å². The van der Waals surface area contributed by atoms with Gasteiger partial charge in [0.1, 0.15) is 0 Å². The topological polar surface area (TPSA) is 12.0 Å². The van der Waals surface area contributed by atoms with Crippen molar-refractivity contribution in [3.05, 3.63) is 64.2 Å². The van der Waals surface area contributed by atoms with E-state index in [4.69, 9.17) is 11.6 Å². The van der Waals surface area contributed by atoms with Gasteiger partial charge in [-0.05, 0) is 47.7 Å². The van der Waals surface area contributed by atoms with E-state index < -0.39 is 0 Å². The van der Waals surface area contributed by atoms with Crippen molar-refractivity contribution < 1.29 is 0 Å². The molecule has 100 valence electrons. The largest absolute Gasteiger partial charge is 0.381 e. The number of rotatable bonds is 4. The smallest absolute Gasteiger partial charge is 0.0438 e. The summed E-state index contributed by atoms with van der Waals surface area (Å²) in [5.41, 5.74) is 4.83. The summed E-state index contributed by atoms with van der Waals surface area (Å²) >= 11 is 6.13. The summed E-state index contributed by atoms with van der Waals surface area (Å²) in [4.78, 5) is 0. The molecule has 1 nitrogen and oxygen atoms in total. The van der Waals surface area contributed by atoms with E-state index in [1.165, 1.54) is 11.1 Å². The molecule has 2 heteroatoms. The Hall–Kier alpha value is -1.47. The quantitative estimate of drug-likeness (QED) is 0.788. The molecule has 0 unspecified atom stereocenters. The van der Waals surface area contributed by atoms with Crippen LogP contribution >= 0.6 is 11.6 Å². The summed E-state index contributed by atoms with van der Waals surface area (Å²) in [6.45, 7) is 7.23. The highest BCUT2D eigenvalue weighted by atomic mass is 35.5. The van der Waals surface area contributed by atoms with Gasteiger partial charge in [0.25, 0.3) is 0 Å². The molecular formula is C17H20ClN. The predicted octanol–water partition coefficient (Wildman–Crippen LogP) is 5.38. The van der Waals surface area contributed by atoms with Crippen LogP contribution in [0.15, 0.2) is 42.5 Å². The van der Waals surface area contributed by atoms with Gasteiger partial charge in [-0.15, -0.1) is 0 Å². The Balaban J connectivity index is 2.05. The molecule has 0 aliphatic heterocycles. The lowest BCUT2D eigenvalue weighted by atomic mass is 10.0. The highest BCUT2D eigenvalue weighted by Crippen LogP contribution is 2.20. The maximum atomic E-state index is 6.13. The summed E-state index contributed by atoms with van der Waals surface area (Å²) in [6.07, 6.45) is 0. The minimum absolute atomic E-state index is 0.551. The second-order valence-electron chi connectivity index (χ2n) is 5.22. The first-order valence-corrected chi connectivity index (χ1v) is 7.03. The van der Waals surface area contributed by atoms with Gasteiger partial charge in [-0.25, -0.2) is 0 Å². The minimum atomic E-state index is 0.551. The van der Waals surface area contributed by atoms with Crippen molar-refractivity contribution in [1.29, 1.82) is 0 Å². The molecular weight excluding hydrogens is 254 g/mol. The molecule has 0 radical (unpaired) electrons. The molecule has 2 aromatic rings. The van der Waals surface area contributed by atoms with E-state index in [0.29, 0.717) is 5.92 Å². The second-order valence-corrected chi connectivity index (χ2v) is 5.62. The molecule has 0 saturated carbocycles. The van der Waals surface area contributed by atoms with Crippen LogP contribution in [0.4, 0.5) is 5.69 Å². The number of hydrogen-bond donors (Lipinski definition) is 1. The maximum absolute atomic E-state index is 6.13. The first-order chi connectivity index (χ1) is 9.06. The Labute approximate surface area is 120 Å². The molecule has 0 aliphatic carbocycles. The lowest BCUT2D eigenvalue weighted by Crippen LogP contribution is -2.00. The van der Waals surface area contributed by atoms with Crippen molar-refractivity contribution >= 4 is 17.3 Å². The maximum Gasteiger partial charge on any atom is 0.0438 e. The number of halogens is 1. The van der Waals surface area contributed by atoms with Crippen molar-refractivity contribution in [2.75, 3.05) is 5.32 Å². The van der Waals surface area contributed by atoms with Crippen LogP contribution in [0, 0.1) is 6.92 Å². The summed E-state index contributed by atoms with van der Waals surface area (Å²) in [6, 6.07) is 14.8. The van der Waals surface area contributed by atoms with Crippen LogP contribution in [-0.2, 0) is 6.54 Å². The van der Waals surface area contributed by atoms with Crippen molar-refractivity contribution in [2.24, 2.45) is 0 Å². The summed E-state index contributed by atoms with van der Waals surface area (Å²) in [5.74, 6) is 0.551. The van der Waals surface area contributed by atoms with E-state index in [9.17, 15) is 0 Å². The number of aryl methyl sites for hydroxylation is 1. The minimum Gasteiger partial charge on any atom is -0.381 e. The molecule has 19 heavy (non-hydrogen) atoms. The van der Waals surface area contributed by atoms with Crippen LogP contribution in [0.1, 0.15) is 36.5 Å². The summed E-state index contributed by atoms with van der Waals surface area (Å²) < 4.78 is 0. The Morgan fingerprint density at radius 2 is 1.89 bits per heavy atom. The first kappa shape index (κ1) is 14.0. The Morgan fingerprint density at radius 3 is 2.58 bits per heavy atom. The number of benzene rings is 2. The fourth-order valence-electron chi connectivity index (χ4n) is 1.96. The highest BCUT2D eigenvalue weighted by molar-refractivity contribution is 6.31. The number of anilines is 1. The van der Waals surface area contributed by atoms with E-state index in [2.05, 4.69) is 55.6 Å². The molecule has 0 heterocycles. The Kier molecular flexibility index (Phi) is 4.49. The lowest BCUT2D eigenvalue weighted by molar-refractivity contribution is 0.866. The van der Waals surface area contributed by atoms with E-state index in [-0.39, 0.29) is 0 Å². The van der Waals surface area contributed by atoms with Gasteiger partial charge in [-0.1, -0.05) is 49.7 Å². The normalized spacial score (nSPS) is 10.8. The van der Waals surface area contributed by atoms with Crippen molar-refractivity contribution in [1.82, 2.24) is 0 Å². The van der Waals surface area contributed by atoms with Crippen molar-refractivity contribution in [3.63, 3.8) is 0 Å². The number of hydrogen-bond acceptors (Lipinski definition) is 1. The monoisotopic (exact) mass is 273 g/mol. The summed E-state index contributed by atoms with van der Waals surface area (Å²) in [7, 11) is 0. The van der Waals surface area contributed by atoms with Crippen LogP contribution in [0.3, 0.4) is 0 Å². The molecule has 0 aromatic heterocycles. The van der Waals surface area contributed by atoms with Gasteiger partial charge in [0.05, 0.1) is 0 Å². The molecule has 2 rings (SSSR count). The molecule has 0 saturated heterocycles. The highest BCUT2D eigenvalue weighted by Gasteiger charge is 2.01. The predicted molar refractivity (Wildman–Crippen MR) is 84.0 cm³/mol. The van der Waals surface area contributed by atoms with Gasteiger partial charge >= 0.3 is 0 Å². The van der Waals surface area contributed by atoms with Gasteiger partial charge in [0.2, 0.25) is 0 Å². The van der Waals surface area contributed by atoms with Crippen molar-refractivity contribution in [2.45, 2.75) is 33.2 Å². The molecule has 0 amide bonds. The third-order valence-corrected chi connectivity index (χ3v) is 3.69. The Bertz CT molecular complexity index is 561. The zero-order chi connectivity index (χ0) is 13.8. The van der Waals surface area contributed by atoms with Crippen LogP contribution in [0.2, 0.25) is 5.02 Å². The van der Waals surface area contributed by atoms with Crippen LogP contribution in [-0.4, -0.2) is 0 Å². The molecule has 0 fully saturated rings. The molecule has 2 aromatic carbocycles. The third kappa shape index (κ3) is 3.74. The van der Waals surface area contributed by atoms with Crippen LogP contribution in [0.5, 0.6) is 0 Å². The summed E-state index contributed by atoms with van der Waals surface area (Å²) in [5, 5.41) is 4.27. The zero-order valence-corrected chi connectivity index (χ0v) is 12.5. The van der Waals surface area contributed by atoms with Crippen LogP contribution < -0.4 is 5.32 Å². The van der Waals surface area contributed by atoms with Gasteiger partial charge in [-0.2, -0.15) is 0 Å². The van der Waals surface area contributed by atoms with Gasteiger partial charge in [0.15, 0.2) is 0 Å². The lowest BCUT2D eigenvalue weighted by Gasteiger charge is -2.11. The van der Waals surface area contributed by atoms with Crippen molar-refractivity contribution in [3.8, 4) is 0 Å². The standard InChI is InChI=1S/C17H20ClN/c1-12(2)15-5-4-6-16(10-15)19-11-14-8-7-13(3)17(18)9-14/h4-10,12,19H,11H2,1-3H3. The fraction of sp³-hybridized carbons (Fsp3) is 0.294. The third-order valence-electron chi connectivity index (χ3n) is 3.29. The van der Waals surface area contributed by atoms with E-state index in [1.54, 1.807) is 0 Å². The van der Waals surface area contributed by atoms with Gasteiger partial charge in [0, 0.05) is 17.3 Å². The fourth-order valence-corrected chi connectivity index (χ4v) is 2.16. The first-order valence-electron chi connectivity index (χ1n) is 6.65. The average Bonchev–Trinajstić information content (AvgIpc) is 2.40. The zero-order valence-electron chi connectivity index (χ0n) is 11.7. The molecule has 0 bridgehead atoms. The van der Waals surface area contributed by atoms with E-state index in [1.807, 2.05) is 13.0 Å². The second kappa shape index (κ2) is 6.12. The van der Waals surface area contributed by atoms with E-state index in [0.717, 1.165) is 22.8 Å². The Morgan fingerprint density at radius 1 is 1.11 bits per heavy atom. The van der Waals surface area contributed by atoms with Crippen LogP contribution in [0.25, 0.3) is 0 Å². The molecule has 0 atom stereocenters. The van der Waals surface area contributed by atoms with E-state index >= 15 is 0 Å². The SMILES string of the molecule is Cc1ccc(CNc2cccc(C(C)C)c2)cc1Cl. The number of nitrogens with one attached hydrogen (secondary N) is 1. The molecule has 0 aliphatic rings. The average molecular weight is 274 g/mol. The van der Waals surface area contributed by atoms with Gasteiger partial charge in [-0.3, -0.25) is 0 Å².